The quantitative estimate of drug-likeness (QED) is 0.146. The summed E-state index contributed by atoms with van der Waals surface area (Å²) in [6.07, 6.45) is 18.1. The molecule has 0 saturated carbocycles. The number of fused-ring (bicyclic) bond motifs is 3. The van der Waals surface area contributed by atoms with E-state index in [2.05, 4.69) is 23.5 Å². The lowest BCUT2D eigenvalue weighted by atomic mass is 9.97. The number of rotatable bonds is 20. The molecule has 5 nitrogen and oxygen atoms in total. The Morgan fingerprint density at radius 1 is 0.730 bits per heavy atom. The van der Waals surface area contributed by atoms with E-state index in [9.17, 15) is 14.4 Å². The van der Waals surface area contributed by atoms with E-state index in [0.29, 0.717) is 19.5 Å². The van der Waals surface area contributed by atoms with Crippen molar-refractivity contribution >= 4 is 24.4 Å². The second-order valence-electron chi connectivity index (χ2n) is 10.2. The van der Waals surface area contributed by atoms with Gasteiger partial charge in [0.25, 0.3) is 6.47 Å². The smallest absolute Gasteiger partial charge is 0.293 e. The molecule has 0 spiro atoms. The van der Waals surface area contributed by atoms with Gasteiger partial charge in [-0.15, -0.1) is 0 Å². The van der Waals surface area contributed by atoms with Crippen molar-refractivity contribution in [2.45, 2.75) is 102 Å². The summed E-state index contributed by atoms with van der Waals surface area (Å²) in [5.41, 5.74) is 5.35. The van der Waals surface area contributed by atoms with Crippen LogP contribution in [0.4, 0.5) is 5.69 Å². The van der Waals surface area contributed by atoms with E-state index < -0.39 is 0 Å². The van der Waals surface area contributed by atoms with Crippen molar-refractivity contribution in [3.63, 3.8) is 0 Å². The minimum absolute atomic E-state index is 0.00696. The Morgan fingerprint density at radius 2 is 1.32 bits per heavy atom. The molecule has 0 heterocycles. The Bertz CT molecular complexity index is 987. The molecule has 1 amide bonds. The molecule has 0 aliphatic heterocycles. The number of hydrogen-bond donors (Lipinski definition) is 1. The summed E-state index contributed by atoms with van der Waals surface area (Å²) in [6.45, 7) is 0.795. The Morgan fingerprint density at radius 3 is 1.97 bits per heavy atom. The molecule has 0 saturated heterocycles. The van der Waals surface area contributed by atoms with E-state index in [4.69, 9.17) is 4.74 Å². The molecule has 0 aromatic heterocycles. The summed E-state index contributed by atoms with van der Waals surface area (Å²) >= 11 is 0. The lowest BCUT2D eigenvalue weighted by Gasteiger charge is -2.13. The first-order chi connectivity index (χ1) is 18.2. The fourth-order valence-corrected chi connectivity index (χ4v) is 5.38. The lowest BCUT2D eigenvalue weighted by molar-refractivity contribution is -0.129. The first-order valence-corrected chi connectivity index (χ1v) is 14.3. The fraction of sp³-hybridized carbons (Fsp3) is 0.531. The van der Waals surface area contributed by atoms with E-state index in [1.807, 2.05) is 24.3 Å². The normalized spacial score (nSPS) is 13.6. The number of aldehydes is 1. The molecule has 2 aromatic rings. The fourth-order valence-electron chi connectivity index (χ4n) is 5.38. The standard InChI is InChI=1S/C32H43NO4/c34-22-16-12-10-8-6-4-2-1-3-5-7-9-11-13-19-32(36)33-26-20-21-29-27-17-14-15-18-28(27)31(24-37-25-35)30(29)23-26/h14-15,17-18,20-23,25,31H,1-13,16,19,24H2,(H,33,36). The molecule has 0 radical (unpaired) electrons. The van der Waals surface area contributed by atoms with E-state index in [1.165, 1.54) is 64.2 Å². The highest BCUT2D eigenvalue weighted by atomic mass is 16.5. The topological polar surface area (TPSA) is 72.5 Å². The zero-order valence-corrected chi connectivity index (χ0v) is 22.2. The molecule has 2 aromatic carbocycles. The third-order valence-electron chi connectivity index (χ3n) is 7.39. The predicted octanol–water partition coefficient (Wildman–Crippen LogP) is 7.96. The highest BCUT2D eigenvalue weighted by Gasteiger charge is 2.29. The van der Waals surface area contributed by atoms with Gasteiger partial charge in [0, 0.05) is 24.4 Å². The van der Waals surface area contributed by atoms with Crippen molar-refractivity contribution in [3.8, 4) is 11.1 Å². The van der Waals surface area contributed by atoms with E-state index in [-0.39, 0.29) is 11.8 Å². The number of anilines is 1. The summed E-state index contributed by atoms with van der Waals surface area (Å²) in [5.74, 6) is 0.0507. The van der Waals surface area contributed by atoms with Gasteiger partial charge in [-0.3, -0.25) is 9.59 Å². The molecular weight excluding hydrogens is 462 g/mol. The number of carbonyl (C=O) groups is 3. The molecular formula is C32H43NO4. The number of nitrogens with one attached hydrogen (secondary N) is 1. The second-order valence-corrected chi connectivity index (χ2v) is 10.2. The molecule has 5 heteroatoms. The van der Waals surface area contributed by atoms with Gasteiger partial charge >= 0.3 is 0 Å². The second kappa shape index (κ2) is 16.7. The number of hydrogen-bond acceptors (Lipinski definition) is 4. The first kappa shape index (κ1) is 28.6. The molecule has 200 valence electrons. The summed E-state index contributed by atoms with van der Waals surface area (Å²) < 4.78 is 5.11. The zero-order chi connectivity index (χ0) is 26.1. The molecule has 1 aliphatic rings. The van der Waals surface area contributed by atoms with Gasteiger partial charge in [0.05, 0.1) is 0 Å². The van der Waals surface area contributed by atoms with Crippen LogP contribution in [0, 0.1) is 0 Å². The summed E-state index contributed by atoms with van der Waals surface area (Å²) in [5, 5.41) is 3.06. The van der Waals surface area contributed by atoms with Crippen molar-refractivity contribution in [1.29, 1.82) is 0 Å². The highest BCUT2D eigenvalue weighted by Crippen LogP contribution is 2.45. The monoisotopic (exact) mass is 505 g/mol. The first-order valence-electron chi connectivity index (χ1n) is 14.3. The Labute approximate surface area is 222 Å². The molecule has 1 unspecified atom stereocenters. The average Bonchev–Trinajstić information content (AvgIpc) is 3.22. The van der Waals surface area contributed by atoms with E-state index in [0.717, 1.165) is 59.9 Å². The zero-order valence-electron chi connectivity index (χ0n) is 22.2. The number of carbonyl (C=O) groups excluding carboxylic acids is 3. The molecule has 37 heavy (non-hydrogen) atoms. The van der Waals surface area contributed by atoms with Crippen molar-refractivity contribution in [2.75, 3.05) is 11.9 Å². The van der Waals surface area contributed by atoms with Crippen LogP contribution in [0.3, 0.4) is 0 Å². The van der Waals surface area contributed by atoms with Crippen molar-refractivity contribution in [1.82, 2.24) is 0 Å². The third-order valence-corrected chi connectivity index (χ3v) is 7.39. The molecule has 1 aliphatic carbocycles. The van der Waals surface area contributed by atoms with Gasteiger partial charge in [0.1, 0.15) is 12.9 Å². The molecule has 1 N–H and O–H groups in total. The minimum Gasteiger partial charge on any atom is -0.467 e. The van der Waals surface area contributed by atoms with Gasteiger partial charge in [-0.2, -0.15) is 0 Å². The van der Waals surface area contributed by atoms with Gasteiger partial charge in [-0.05, 0) is 47.2 Å². The SMILES string of the molecule is O=CCCCCCCCCCCCCCCCC(=O)Nc1ccc2c(c1)C(COC=O)c1ccccc1-2. The maximum atomic E-state index is 12.5. The molecule has 1 atom stereocenters. The largest absolute Gasteiger partial charge is 0.467 e. The number of amides is 1. The van der Waals surface area contributed by atoms with Crippen LogP contribution in [0.2, 0.25) is 0 Å². The van der Waals surface area contributed by atoms with Crippen LogP contribution in [0.15, 0.2) is 42.5 Å². The lowest BCUT2D eigenvalue weighted by Crippen LogP contribution is -2.12. The van der Waals surface area contributed by atoms with Crippen molar-refractivity contribution < 1.29 is 19.1 Å². The van der Waals surface area contributed by atoms with Gasteiger partial charge in [-0.25, -0.2) is 0 Å². The van der Waals surface area contributed by atoms with Crippen LogP contribution in [0.1, 0.15) is 113 Å². The number of unbranched alkanes of at least 4 members (excludes halogenated alkanes) is 13. The highest BCUT2D eigenvalue weighted by molar-refractivity contribution is 5.92. The Hall–Kier alpha value is -2.95. The van der Waals surface area contributed by atoms with Crippen LogP contribution in [-0.2, 0) is 19.1 Å². The third kappa shape index (κ3) is 9.46. The van der Waals surface area contributed by atoms with Crippen molar-refractivity contribution in [2.24, 2.45) is 0 Å². The predicted molar refractivity (Wildman–Crippen MR) is 150 cm³/mol. The summed E-state index contributed by atoms with van der Waals surface area (Å²) in [4.78, 5) is 33.6. The molecule has 0 bridgehead atoms. The van der Waals surface area contributed by atoms with Gasteiger partial charge in [-0.1, -0.05) is 101 Å². The average molecular weight is 506 g/mol. The van der Waals surface area contributed by atoms with Crippen LogP contribution in [0.5, 0.6) is 0 Å². The Kier molecular flexibility index (Phi) is 12.9. The Balaban J connectivity index is 1.27. The van der Waals surface area contributed by atoms with Gasteiger partial charge in [0.15, 0.2) is 0 Å². The van der Waals surface area contributed by atoms with Crippen molar-refractivity contribution in [3.05, 3.63) is 53.6 Å². The number of benzene rings is 2. The van der Waals surface area contributed by atoms with Gasteiger partial charge in [0.2, 0.25) is 5.91 Å². The summed E-state index contributed by atoms with van der Waals surface area (Å²) in [7, 11) is 0. The summed E-state index contributed by atoms with van der Waals surface area (Å²) in [6, 6.07) is 14.2. The minimum atomic E-state index is -0.00696. The van der Waals surface area contributed by atoms with Gasteiger partial charge < -0.3 is 14.8 Å². The maximum absolute atomic E-state index is 12.5. The van der Waals surface area contributed by atoms with Crippen LogP contribution in [-0.4, -0.2) is 25.3 Å². The molecule has 0 fully saturated rings. The molecule has 3 rings (SSSR count). The van der Waals surface area contributed by atoms with Crippen LogP contribution >= 0.6 is 0 Å². The van der Waals surface area contributed by atoms with E-state index in [1.54, 1.807) is 0 Å². The number of ether oxygens (including phenoxy) is 1. The maximum Gasteiger partial charge on any atom is 0.293 e. The van der Waals surface area contributed by atoms with E-state index >= 15 is 0 Å². The van der Waals surface area contributed by atoms with Crippen LogP contribution < -0.4 is 5.32 Å². The van der Waals surface area contributed by atoms with Crippen LogP contribution in [0.25, 0.3) is 11.1 Å².